The number of ether oxygens (including phenoxy) is 1. The van der Waals surface area contributed by atoms with Gasteiger partial charge in [-0.3, -0.25) is 9.78 Å². The molecule has 1 aromatic heterocycles. The van der Waals surface area contributed by atoms with Crippen molar-refractivity contribution in [2.24, 2.45) is 0 Å². The van der Waals surface area contributed by atoms with Gasteiger partial charge in [0.25, 0.3) is 5.91 Å². The first kappa shape index (κ1) is 19.4. The smallest absolute Gasteiger partial charge is 0.260 e. The van der Waals surface area contributed by atoms with Gasteiger partial charge in [-0.25, -0.2) is 4.98 Å². The fraction of sp³-hybridized carbons (Fsp3) is 0.261. The normalized spacial score (nSPS) is 16.4. The van der Waals surface area contributed by atoms with Gasteiger partial charge in [0.1, 0.15) is 5.75 Å². The van der Waals surface area contributed by atoms with E-state index in [1.807, 2.05) is 59.5 Å². The quantitative estimate of drug-likeness (QED) is 0.621. The molecule has 2 heterocycles. The highest BCUT2D eigenvalue weighted by Gasteiger charge is 2.26. The molecule has 1 atom stereocenters. The minimum atomic E-state index is -0.00231. The van der Waals surface area contributed by atoms with Gasteiger partial charge < -0.3 is 9.64 Å². The van der Waals surface area contributed by atoms with Crippen molar-refractivity contribution in [3.63, 3.8) is 0 Å². The molecule has 1 saturated heterocycles. The van der Waals surface area contributed by atoms with Crippen molar-refractivity contribution in [3.05, 3.63) is 77.7 Å². The average molecular weight is 408 g/mol. The third-order valence-electron chi connectivity index (χ3n) is 5.07. The monoisotopic (exact) mass is 407 g/mol. The summed E-state index contributed by atoms with van der Waals surface area (Å²) in [5.41, 5.74) is 2.64. The number of rotatable bonds is 5. The molecule has 29 heavy (non-hydrogen) atoms. The molecule has 148 valence electrons. The van der Waals surface area contributed by atoms with Crippen molar-refractivity contribution < 1.29 is 9.53 Å². The number of benzene rings is 2. The Labute approximate surface area is 175 Å². The maximum atomic E-state index is 12.6. The molecular weight excluding hydrogens is 386 g/mol. The summed E-state index contributed by atoms with van der Waals surface area (Å²) in [6, 6.07) is 17.0. The van der Waals surface area contributed by atoms with Gasteiger partial charge in [0.2, 0.25) is 0 Å². The van der Waals surface area contributed by atoms with Crippen LogP contribution >= 0.6 is 11.6 Å². The largest absolute Gasteiger partial charge is 0.484 e. The second kappa shape index (κ2) is 9.05. The summed E-state index contributed by atoms with van der Waals surface area (Å²) in [7, 11) is 0. The van der Waals surface area contributed by atoms with E-state index in [1.165, 1.54) is 0 Å². The number of likely N-dealkylation sites (tertiary alicyclic amines) is 1. The Morgan fingerprint density at radius 3 is 2.83 bits per heavy atom. The third kappa shape index (κ3) is 4.93. The molecule has 1 aliphatic rings. The molecule has 0 unspecified atom stereocenters. The maximum absolute atomic E-state index is 12.6. The van der Waals surface area contributed by atoms with Gasteiger partial charge in [-0.1, -0.05) is 41.9 Å². The highest BCUT2D eigenvalue weighted by Crippen LogP contribution is 2.28. The molecule has 0 bridgehead atoms. The van der Waals surface area contributed by atoms with Gasteiger partial charge >= 0.3 is 0 Å². The van der Waals surface area contributed by atoms with Crippen molar-refractivity contribution >= 4 is 17.5 Å². The molecule has 0 spiro atoms. The predicted octanol–water partition coefficient (Wildman–Crippen LogP) is 4.58. The molecule has 0 aliphatic carbocycles. The Morgan fingerprint density at radius 2 is 2.00 bits per heavy atom. The molecule has 6 heteroatoms. The zero-order valence-electron chi connectivity index (χ0n) is 16.0. The lowest BCUT2D eigenvalue weighted by molar-refractivity contribution is -0.134. The molecule has 4 rings (SSSR count). The first-order valence-corrected chi connectivity index (χ1v) is 10.1. The van der Waals surface area contributed by atoms with Crippen LogP contribution in [0.25, 0.3) is 11.3 Å². The number of carbonyl (C=O) groups excluding carboxylic acids is 1. The number of carbonyl (C=O) groups is 1. The van der Waals surface area contributed by atoms with Gasteiger partial charge in [-0.15, -0.1) is 0 Å². The van der Waals surface area contributed by atoms with Crippen LogP contribution in [0.2, 0.25) is 5.02 Å². The average Bonchev–Trinajstić information content (AvgIpc) is 2.78. The highest BCUT2D eigenvalue weighted by molar-refractivity contribution is 6.30. The SMILES string of the molecule is O=C(COc1ccccc1)N1CCC[C@@H](c2cncc(-c3cccc(Cl)c3)n2)C1. The Kier molecular flexibility index (Phi) is 6.06. The summed E-state index contributed by atoms with van der Waals surface area (Å²) in [6.45, 7) is 1.42. The Balaban J connectivity index is 1.43. The van der Waals surface area contributed by atoms with E-state index in [0.29, 0.717) is 17.3 Å². The van der Waals surface area contributed by atoms with Crippen molar-refractivity contribution in [2.45, 2.75) is 18.8 Å². The van der Waals surface area contributed by atoms with Crippen LogP contribution in [0, 0.1) is 0 Å². The van der Waals surface area contributed by atoms with Gasteiger partial charge in [-0.2, -0.15) is 0 Å². The van der Waals surface area contributed by atoms with E-state index in [-0.39, 0.29) is 18.4 Å². The standard InChI is InChI=1S/C23H22ClN3O2/c24-19-8-4-6-17(12-19)21-13-25-14-22(26-21)18-7-5-11-27(15-18)23(28)16-29-20-9-2-1-3-10-20/h1-4,6,8-10,12-14,18H,5,7,11,15-16H2/t18-/m1/s1. The highest BCUT2D eigenvalue weighted by atomic mass is 35.5. The molecule has 0 saturated carbocycles. The number of halogens is 1. The lowest BCUT2D eigenvalue weighted by atomic mass is 9.94. The van der Waals surface area contributed by atoms with Crippen LogP contribution < -0.4 is 4.74 Å². The molecule has 1 aliphatic heterocycles. The van der Waals surface area contributed by atoms with Crippen LogP contribution in [-0.4, -0.2) is 40.5 Å². The second-order valence-corrected chi connectivity index (χ2v) is 7.56. The number of nitrogens with zero attached hydrogens (tertiary/aromatic N) is 3. The first-order chi connectivity index (χ1) is 14.2. The van der Waals surface area contributed by atoms with Crippen molar-refractivity contribution in [2.75, 3.05) is 19.7 Å². The van der Waals surface area contributed by atoms with E-state index in [0.717, 1.165) is 36.3 Å². The molecule has 0 radical (unpaired) electrons. The lowest BCUT2D eigenvalue weighted by Gasteiger charge is -2.32. The Bertz CT molecular complexity index is 981. The van der Waals surface area contributed by atoms with Gasteiger partial charge in [-0.05, 0) is 37.1 Å². The van der Waals surface area contributed by atoms with Gasteiger partial charge in [0.15, 0.2) is 6.61 Å². The molecule has 5 nitrogen and oxygen atoms in total. The Morgan fingerprint density at radius 1 is 1.14 bits per heavy atom. The molecular formula is C23H22ClN3O2. The summed E-state index contributed by atoms with van der Waals surface area (Å²) in [5.74, 6) is 0.864. The fourth-order valence-corrected chi connectivity index (χ4v) is 3.75. The van der Waals surface area contributed by atoms with Crippen molar-refractivity contribution in [1.82, 2.24) is 14.9 Å². The summed E-state index contributed by atoms with van der Waals surface area (Å²) in [4.78, 5) is 23.7. The van der Waals surface area contributed by atoms with E-state index >= 15 is 0 Å². The molecule has 1 amide bonds. The summed E-state index contributed by atoms with van der Waals surface area (Å²) in [6.07, 6.45) is 5.46. The zero-order valence-corrected chi connectivity index (χ0v) is 16.8. The summed E-state index contributed by atoms with van der Waals surface area (Å²) < 4.78 is 5.62. The zero-order chi connectivity index (χ0) is 20.1. The predicted molar refractivity (Wildman–Crippen MR) is 113 cm³/mol. The first-order valence-electron chi connectivity index (χ1n) is 9.72. The van der Waals surface area contributed by atoms with Crippen LogP contribution in [0.4, 0.5) is 0 Å². The van der Waals surface area contributed by atoms with E-state index in [9.17, 15) is 4.79 Å². The van der Waals surface area contributed by atoms with Crippen molar-refractivity contribution in [3.8, 4) is 17.0 Å². The minimum absolute atomic E-state index is 0.00231. The fourth-order valence-electron chi connectivity index (χ4n) is 3.56. The second-order valence-electron chi connectivity index (χ2n) is 7.12. The number of hydrogen-bond donors (Lipinski definition) is 0. The topological polar surface area (TPSA) is 55.3 Å². The minimum Gasteiger partial charge on any atom is -0.484 e. The lowest BCUT2D eigenvalue weighted by Crippen LogP contribution is -2.41. The molecule has 3 aromatic rings. The Hall–Kier alpha value is -2.92. The van der Waals surface area contributed by atoms with E-state index in [4.69, 9.17) is 21.3 Å². The van der Waals surface area contributed by atoms with Crippen LogP contribution in [0.5, 0.6) is 5.75 Å². The van der Waals surface area contributed by atoms with Crippen molar-refractivity contribution in [1.29, 1.82) is 0 Å². The summed E-state index contributed by atoms with van der Waals surface area (Å²) >= 11 is 6.11. The molecule has 0 N–H and O–H groups in total. The van der Waals surface area contributed by atoms with Gasteiger partial charge in [0, 0.05) is 35.8 Å². The number of amides is 1. The van der Waals surface area contributed by atoms with Crippen LogP contribution in [0.1, 0.15) is 24.5 Å². The number of piperidine rings is 1. The molecule has 1 fully saturated rings. The van der Waals surface area contributed by atoms with E-state index in [1.54, 1.807) is 12.4 Å². The van der Waals surface area contributed by atoms with Crippen LogP contribution in [0.15, 0.2) is 67.0 Å². The van der Waals surface area contributed by atoms with E-state index < -0.39 is 0 Å². The molecule has 2 aromatic carbocycles. The number of para-hydroxylation sites is 1. The number of aromatic nitrogens is 2. The maximum Gasteiger partial charge on any atom is 0.260 e. The van der Waals surface area contributed by atoms with Crippen LogP contribution in [-0.2, 0) is 4.79 Å². The van der Waals surface area contributed by atoms with Gasteiger partial charge in [0.05, 0.1) is 17.6 Å². The van der Waals surface area contributed by atoms with E-state index in [2.05, 4.69) is 4.98 Å². The summed E-state index contributed by atoms with van der Waals surface area (Å²) in [5, 5.41) is 0.669. The number of hydrogen-bond acceptors (Lipinski definition) is 4. The van der Waals surface area contributed by atoms with Crippen LogP contribution in [0.3, 0.4) is 0 Å². The third-order valence-corrected chi connectivity index (χ3v) is 5.31.